The van der Waals surface area contributed by atoms with Gasteiger partial charge < -0.3 is 19.8 Å². The number of H-pyrrole nitrogens is 1. The molecule has 1 aliphatic heterocycles. The third kappa shape index (κ3) is 4.17. The first-order chi connectivity index (χ1) is 14.7. The molecule has 8 nitrogen and oxygen atoms in total. The quantitative estimate of drug-likeness (QED) is 0.586. The van der Waals surface area contributed by atoms with Crippen molar-refractivity contribution in [3.63, 3.8) is 0 Å². The van der Waals surface area contributed by atoms with E-state index in [0.29, 0.717) is 18.8 Å². The Morgan fingerprint density at radius 3 is 2.81 bits per heavy atom. The second-order valence-electron chi connectivity index (χ2n) is 6.93. The summed E-state index contributed by atoms with van der Waals surface area (Å²) in [6.45, 7) is 2.67. The maximum absolute atomic E-state index is 13.0. The summed E-state index contributed by atoms with van der Waals surface area (Å²) >= 11 is 0. The van der Waals surface area contributed by atoms with Gasteiger partial charge in [0.1, 0.15) is 18.1 Å². The van der Waals surface area contributed by atoms with Gasteiger partial charge in [0.05, 0.1) is 12.6 Å². The number of halogens is 3. The van der Waals surface area contributed by atoms with Crippen LogP contribution < -0.4 is 10.1 Å². The van der Waals surface area contributed by atoms with Gasteiger partial charge in [0.15, 0.2) is 17.4 Å². The number of benzene rings is 1. The number of rotatable bonds is 6. The van der Waals surface area contributed by atoms with Crippen molar-refractivity contribution in [1.82, 2.24) is 15.0 Å². The number of nitrogens with one attached hydrogen (secondary N) is 2. The van der Waals surface area contributed by atoms with Crippen molar-refractivity contribution in [3.8, 4) is 17.1 Å². The maximum atomic E-state index is 13.0. The van der Waals surface area contributed by atoms with Crippen LogP contribution in [0.1, 0.15) is 12.6 Å². The number of nitrogens with zero attached hydrogens (tertiary/aromatic N) is 2. The number of aromatic amines is 1. The van der Waals surface area contributed by atoms with E-state index >= 15 is 0 Å². The second kappa shape index (κ2) is 8.00. The highest BCUT2D eigenvalue weighted by Gasteiger charge is 2.46. The molecule has 0 saturated carbocycles. The van der Waals surface area contributed by atoms with Crippen molar-refractivity contribution in [3.05, 3.63) is 36.2 Å². The number of hydrogen-bond acceptors (Lipinski definition) is 7. The number of aromatic nitrogens is 3. The Morgan fingerprint density at radius 2 is 2.06 bits per heavy atom. The van der Waals surface area contributed by atoms with Gasteiger partial charge in [-0.3, -0.25) is 0 Å². The molecule has 0 amide bonds. The van der Waals surface area contributed by atoms with Crippen molar-refractivity contribution in [1.29, 1.82) is 0 Å². The number of hydrogen-bond donors (Lipinski definition) is 2. The Bertz CT molecular complexity index is 1210. The topological polar surface area (TPSA) is 106 Å². The molecule has 31 heavy (non-hydrogen) atoms. The normalized spacial score (nSPS) is 16.6. The molecule has 0 saturated heterocycles. The summed E-state index contributed by atoms with van der Waals surface area (Å²) in [6, 6.07) is 6.75. The Balaban J connectivity index is 1.83. The molecular weight excluding hydrogens is 437 g/mol. The summed E-state index contributed by atoms with van der Waals surface area (Å²) in [5, 5.41) is 3.81. The fourth-order valence-electron chi connectivity index (χ4n) is 3.28. The monoisotopic (exact) mass is 456 g/mol. The van der Waals surface area contributed by atoms with Crippen LogP contribution in [-0.2, 0) is 20.3 Å². The lowest BCUT2D eigenvalue weighted by Gasteiger charge is -2.28. The smallest absolute Gasteiger partial charge is 0.486 e. The maximum Gasteiger partial charge on any atom is 0.497 e. The van der Waals surface area contributed by atoms with E-state index < -0.39 is 21.1 Å². The molecule has 1 aromatic carbocycles. The predicted molar refractivity (Wildman–Crippen MR) is 107 cm³/mol. The largest absolute Gasteiger partial charge is 0.497 e. The molecule has 0 fully saturated rings. The highest BCUT2D eigenvalue weighted by atomic mass is 32.2. The van der Waals surface area contributed by atoms with Crippen LogP contribution in [-0.4, -0.2) is 54.7 Å². The minimum Gasteiger partial charge on any atom is -0.486 e. The van der Waals surface area contributed by atoms with Gasteiger partial charge in [-0.05, 0) is 19.1 Å². The number of sulfone groups is 1. The van der Waals surface area contributed by atoms with E-state index in [1.54, 1.807) is 24.4 Å². The van der Waals surface area contributed by atoms with E-state index in [-0.39, 0.29) is 35.7 Å². The molecule has 3 aromatic rings. The molecule has 1 atom stereocenters. The van der Waals surface area contributed by atoms with E-state index in [9.17, 15) is 21.6 Å². The molecule has 166 valence electrons. The van der Waals surface area contributed by atoms with Gasteiger partial charge in [-0.15, -0.1) is 0 Å². The van der Waals surface area contributed by atoms with E-state index in [1.807, 2.05) is 13.0 Å². The lowest BCUT2D eigenvalue weighted by molar-refractivity contribution is -0.0438. The highest BCUT2D eigenvalue weighted by molar-refractivity contribution is 7.91. The number of anilines is 1. The molecule has 12 heteroatoms. The second-order valence-corrected chi connectivity index (χ2v) is 8.91. The molecular formula is C19H19F3N4O4S. The van der Waals surface area contributed by atoms with Gasteiger partial charge in [0.25, 0.3) is 9.84 Å². The summed E-state index contributed by atoms with van der Waals surface area (Å²) in [5.74, 6) is -1.24. The van der Waals surface area contributed by atoms with E-state index in [4.69, 9.17) is 9.47 Å². The zero-order valence-corrected chi connectivity index (χ0v) is 17.2. The molecule has 0 aliphatic carbocycles. The van der Waals surface area contributed by atoms with Gasteiger partial charge in [-0.1, -0.05) is 12.1 Å². The molecule has 2 aromatic heterocycles. The molecule has 4 rings (SSSR count). The lowest BCUT2D eigenvalue weighted by Crippen LogP contribution is -2.37. The minimum atomic E-state index is -5.47. The van der Waals surface area contributed by atoms with E-state index in [1.165, 1.54) is 0 Å². The number of ether oxygens (including phenoxy) is 2. The summed E-state index contributed by atoms with van der Waals surface area (Å²) in [5.41, 5.74) is -4.44. The zero-order chi connectivity index (χ0) is 22.2. The summed E-state index contributed by atoms with van der Waals surface area (Å²) in [6.07, 6.45) is 1.71. The van der Waals surface area contributed by atoms with Crippen LogP contribution in [0.5, 0.6) is 5.75 Å². The number of alkyl halides is 3. The number of fused-ring (bicyclic) bond motifs is 2. The molecule has 1 unspecified atom stereocenters. The van der Waals surface area contributed by atoms with Crippen molar-refractivity contribution < 1.29 is 31.1 Å². The van der Waals surface area contributed by atoms with Gasteiger partial charge in [0, 0.05) is 29.3 Å². The van der Waals surface area contributed by atoms with Gasteiger partial charge in [-0.2, -0.15) is 13.2 Å². The van der Waals surface area contributed by atoms with E-state index in [0.717, 1.165) is 10.9 Å². The van der Waals surface area contributed by atoms with Crippen molar-refractivity contribution in [2.24, 2.45) is 0 Å². The molecule has 2 N–H and O–H groups in total. The Kier molecular flexibility index (Phi) is 5.52. The van der Waals surface area contributed by atoms with Crippen LogP contribution in [0.4, 0.5) is 19.0 Å². The first-order valence-corrected chi connectivity index (χ1v) is 11.1. The third-order valence-corrected chi connectivity index (χ3v) is 6.10. The average Bonchev–Trinajstić information content (AvgIpc) is 3.19. The zero-order valence-electron chi connectivity index (χ0n) is 16.4. The van der Waals surface area contributed by atoms with E-state index in [2.05, 4.69) is 20.3 Å². The van der Waals surface area contributed by atoms with Crippen LogP contribution in [0, 0.1) is 0 Å². The van der Waals surface area contributed by atoms with Crippen LogP contribution in [0.2, 0.25) is 0 Å². The lowest BCUT2D eigenvalue weighted by atomic mass is 10.1. The first kappa shape index (κ1) is 21.4. The summed E-state index contributed by atoms with van der Waals surface area (Å²) < 4.78 is 73.7. The molecule has 1 aliphatic rings. The minimum absolute atomic E-state index is 0.0716. The van der Waals surface area contributed by atoms with Gasteiger partial charge in [0.2, 0.25) is 0 Å². The third-order valence-electron chi connectivity index (χ3n) is 4.74. The summed E-state index contributed by atoms with van der Waals surface area (Å²) in [7, 11) is -5.47. The first-order valence-electron chi connectivity index (χ1n) is 9.43. The van der Waals surface area contributed by atoms with Crippen molar-refractivity contribution in [2.45, 2.75) is 24.2 Å². The fourth-order valence-corrected chi connectivity index (χ4v) is 4.00. The van der Waals surface area contributed by atoms with Gasteiger partial charge in [-0.25, -0.2) is 18.4 Å². The molecule has 0 spiro atoms. The Hall–Kier alpha value is -2.86. The highest BCUT2D eigenvalue weighted by Crippen LogP contribution is 2.37. The average molecular weight is 456 g/mol. The predicted octanol–water partition coefficient (Wildman–Crippen LogP) is 3.27. The van der Waals surface area contributed by atoms with Crippen molar-refractivity contribution >= 4 is 26.6 Å². The Labute approximate surface area is 175 Å². The molecule has 0 bridgehead atoms. The Morgan fingerprint density at radius 1 is 1.26 bits per heavy atom. The molecule has 3 heterocycles. The van der Waals surface area contributed by atoms with Crippen LogP contribution in [0.25, 0.3) is 22.3 Å². The fraction of sp³-hybridized carbons (Fsp3) is 0.368. The van der Waals surface area contributed by atoms with Crippen LogP contribution >= 0.6 is 0 Å². The van der Waals surface area contributed by atoms with Crippen LogP contribution in [0.3, 0.4) is 0 Å². The summed E-state index contributed by atoms with van der Waals surface area (Å²) in [4.78, 5) is 11.6. The van der Waals surface area contributed by atoms with Crippen molar-refractivity contribution in [2.75, 3.05) is 25.1 Å². The van der Waals surface area contributed by atoms with Crippen LogP contribution in [0.15, 0.2) is 30.5 Å². The standard InChI is InChI=1S/C19H19F3N4O4S/c1-2-29-8-11-9-30-16-15(10-31(27,28)19(20,21)22)25-17(26-18(16)24-11)13-4-3-5-14-12(13)6-7-23-14/h3-7,11,23H,2,8-10H2,1H3,(H,24,25,26). The molecule has 0 radical (unpaired) electrons. The SMILES string of the molecule is CCOCC1COc2c(CS(=O)(=O)C(F)(F)F)nc(-c3cccc4[nH]ccc34)nc2N1. The van der Waals surface area contributed by atoms with Gasteiger partial charge >= 0.3 is 5.51 Å².